The van der Waals surface area contributed by atoms with Crippen LogP contribution in [0.15, 0.2) is 0 Å². The van der Waals surface area contributed by atoms with Gasteiger partial charge in [-0.1, -0.05) is 6.42 Å². The molecule has 2 heterocycles. The number of amides is 1. The van der Waals surface area contributed by atoms with Crippen LogP contribution < -0.4 is 5.48 Å². The molecule has 2 fully saturated rings. The van der Waals surface area contributed by atoms with E-state index in [-0.39, 0.29) is 25.4 Å². The van der Waals surface area contributed by atoms with Crippen molar-refractivity contribution < 1.29 is 36.9 Å². The fourth-order valence-electron chi connectivity index (χ4n) is 3.55. The second kappa shape index (κ2) is 10.9. The Morgan fingerprint density at radius 1 is 1.21 bits per heavy atom. The molecule has 2 saturated heterocycles. The summed E-state index contributed by atoms with van der Waals surface area (Å²) < 4.78 is 60.9. The molecular formula is C17H29F3N2O5S. The predicted octanol–water partition coefficient (Wildman–Crippen LogP) is 2.31. The first kappa shape index (κ1) is 23.5. The first-order chi connectivity index (χ1) is 13.3. The molecule has 0 spiro atoms. The Balaban J connectivity index is 1.72. The molecule has 1 amide bonds. The molecular weight excluding hydrogens is 401 g/mol. The molecule has 0 aromatic rings. The van der Waals surface area contributed by atoms with E-state index < -0.39 is 34.2 Å². The zero-order valence-electron chi connectivity index (χ0n) is 15.8. The molecule has 2 aliphatic heterocycles. The van der Waals surface area contributed by atoms with Crippen LogP contribution in [0.1, 0.15) is 51.4 Å². The van der Waals surface area contributed by atoms with E-state index in [4.69, 9.17) is 14.7 Å². The van der Waals surface area contributed by atoms with Crippen LogP contribution in [0.2, 0.25) is 0 Å². The average Bonchev–Trinajstić information content (AvgIpc) is 2.69. The summed E-state index contributed by atoms with van der Waals surface area (Å²) in [5.41, 5.74) is 1.65. The number of carbonyl (C=O) groups excluding carboxylic acids is 1. The van der Waals surface area contributed by atoms with Gasteiger partial charge in [0, 0.05) is 39.3 Å². The molecule has 28 heavy (non-hydrogen) atoms. The molecule has 2 aliphatic rings. The molecule has 7 nitrogen and oxygen atoms in total. The number of halogens is 3. The number of hydroxylamine groups is 1. The summed E-state index contributed by atoms with van der Waals surface area (Å²) in [6.45, 7) is 2.03. The molecule has 0 aromatic heterocycles. The maximum Gasteiger partial charge on any atom is 0.389 e. The van der Waals surface area contributed by atoms with E-state index in [2.05, 4.69) is 0 Å². The fourth-order valence-corrected chi connectivity index (χ4v) is 5.31. The molecule has 1 atom stereocenters. The highest BCUT2D eigenvalue weighted by Crippen LogP contribution is 2.31. The van der Waals surface area contributed by atoms with Crippen molar-refractivity contribution in [3.8, 4) is 0 Å². The van der Waals surface area contributed by atoms with Crippen LogP contribution in [-0.2, 0) is 25.3 Å². The highest BCUT2D eigenvalue weighted by Gasteiger charge is 2.48. The largest absolute Gasteiger partial charge is 0.389 e. The lowest BCUT2D eigenvalue weighted by atomic mass is 9.98. The minimum absolute atomic E-state index is 0.0202. The summed E-state index contributed by atoms with van der Waals surface area (Å²) in [5, 5.41) is 9.07. The number of piperidine rings is 1. The number of hydrogen-bond acceptors (Lipinski definition) is 5. The molecule has 0 aliphatic carbocycles. The number of nitrogens with one attached hydrogen (secondary N) is 1. The summed E-state index contributed by atoms with van der Waals surface area (Å²) in [7, 11) is -1.60. The van der Waals surface area contributed by atoms with Crippen molar-refractivity contribution in [3.05, 3.63) is 0 Å². The Morgan fingerprint density at radius 3 is 2.43 bits per heavy atom. The van der Waals surface area contributed by atoms with Gasteiger partial charge >= 0.3 is 6.18 Å². The van der Waals surface area contributed by atoms with Crippen LogP contribution >= 0.6 is 0 Å². The zero-order valence-corrected chi connectivity index (χ0v) is 16.7. The predicted molar refractivity (Wildman–Crippen MR) is 95.9 cm³/mol. The normalized spacial score (nSPS) is 22.7. The molecule has 0 aromatic carbocycles. The summed E-state index contributed by atoms with van der Waals surface area (Å²) in [6, 6.07) is 0. The Labute approximate surface area is 165 Å². The highest BCUT2D eigenvalue weighted by molar-refractivity contribution is 7.85. The summed E-state index contributed by atoms with van der Waals surface area (Å²) in [6.07, 6.45) is -1.87. The molecule has 0 saturated carbocycles. The van der Waals surface area contributed by atoms with Crippen LogP contribution in [0.5, 0.6) is 0 Å². The van der Waals surface area contributed by atoms with E-state index in [1.807, 2.05) is 0 Å². The van der Waals surface area contributed by atoms with E-state index in [0.29, 0.717) is 58.6 Å². The van der Waals surface area contributed by atoms with Gasteiger partial charge in [0.25, 0.3) is 5.91 Å². The van der Waals surface area contributed by atoms with Crippen LogP contribution in [0.3, 0.4) is 0 Å². The van der Waals surface area contributed by atoms with Crippen molar-refractivity contribution in [2.45, 2.75) is 68.4 Å². The van der Waals surface area contributed by atoms with Gasteiger partial charge in [0.05, 0.1) is 6.10 Å². The van der Waals surface area contributed by atoms with Crippen molar-refractivity contribution in [2.75, 3.05) is 32.9 Å². The molecule has 0 radical (unpaired) electrons. The van der Waals surface area contributed by atoms with E-state index >= 15 is 0 Å². The summed E-state index contributed by atoms with van der Waals surface area (Å²) >= 11 is 0. The fraction of sp³-hybridized carbons (Fsp3) is 0.941. The SMILES string of the molecule is O=C(NO)C1(S(=O)N2CCC(OCCCCCC(F)(F)F)CC2)CCOCC1. The second-order valence-corrected chi connectivity index (χ2v) is 9.02. The number of unbranched alkanes of at least 4 members (excludes halogenated alkanes) is 2. The van der Waals surface area contributed by atoms with Crippen LogP contribution in [0, 0.1) is 0 Å². The molecule has 0 bridgehead atoms. The zero-order chi connectivity index (χ0) is 20.6. The van der Waals surface area contributed by atoms with Gasteiger partial charge in [0.15, 0.2) is 0 Å². The Kier molecular flexibility index (Phi) is 9.13. The standard InChI is InChI=1S/C17H29F3N2O5S/c18-17(19,20)6-2-1-3-11-27-14-4-9-22(10-5-14)28(25)16(15(23)21-24)7-12-26-13-8-16/h14,24H,1-13H2,(H,21,23). The lowest BCUT2D eigenvalue weighted by Crippen LogP contribution is -2.57. The van der Waals surface area contributed by atoms with Gasteiger partial charge in [-0.05, 0) is 38.5 Å². The van der Waals surface area contributed by atoms with Gasteiger partial charge in [0.2, 0.25) is 0 Å². The number of rotatable bonds is 9. The van der Waals surface area contributed by atoms with E-state index in [1.54, 1.807) is 9.79 Å². The van der Waals surface area contributed by atoms with Crippen molar-refractivity contribution in [3.63, 3.8) is 0 Å². The van der Waals surface area contributed by atoms with E-state index in [1.165, 1.54) is 0 Å². The highest BCUT2D eigenvalue weighted by atomic mass is 32.2. The van der Waals surface area contributed by atoms with Crippen LogP contribution in [0.25, 0.3) is 0 Å². The summed E-state index contributed by atoms with van der Waals surface area (Å²) in [4.78, 5) is 12.2. The van der Waals surface area contributed by atoms with Gasteiger partial charge in [-0.15, -0.1) is 0 Å². The van der Waals surface area contributed by atoms with E-state index in [9.17, 15) is 22.2 Å². The minimum atomic E-state index is -4.10. The van der Waals surface area contributed by atoms with Gasteiger partial charge in [0.1, 0.15) is 15.7 Å². The second-order valence-electron chi connectivity index (χ2n) is 7.22. The van der Waals surface area contributed by atoms with Gasteiger partial charge in [-0.2, -0.15) is 13.2 Å². The topological polar surface area (TPSA) is 88.1 Å². The molecule has 11 heteroatoms. The first-order valence-electron chi connectivity index (χ1n) is 9.66. The smallest absolute Gasteiger partial charge is 0.381 e. The maximum absolute atomic E-state index is 13.1. The Morgan fingerprint density at radius 2 is 1.86 bits per heavy atom. The van der Waals surface area contributed by atoms with Crippen molar-refractivity contribution in [1.82, 2.24) is 9.79 Å². The number of alkyl halides is 3. The quantitative estimate of drug-likeness (QED) is 0.333. The van der Waals surface area contributed by atoms with Gasteiger partial charge in [-0.25, -0.2) is 14.0 Å². The molecule has 2 rings (SSSR count). The Bertz CT molecular complexity index is 521. The third-order valence-corrected chi connectivity index (χ3v) is 7.34. The first-order valence-corrected chi connectivity index (χ1v) is 10.8. The molecule has 1 unspecified atom stereocenters. The lowest BCUT2D eigenvalue weighted by molar-refractivity contribution is -0.136. The maximum atomic E-state index is 13.1. The van der Waals surface area contributed by atoms with Gasteiger partial charge < -0.3 is 9.47 Å². The number of ether oxygens (including phenoxy) is 2. The molecule has 164 valence electrons. The third kappa shape index (κ3) is 6.65. The number of nitrogens with zero attached hydrogens (tertiary/aromatic N) is 1. The van der Waals surface area contributed by atoms with Crippen molar-refractivity contribution in [1.29, 1.82) is 0 Å². The summed E-state index contributed by atoms with van der Waals surface area (Å²) in [5.74, 6) is -0.647. The average molecular weight is 430 g/mol. The van der Waals surface area contributed by atoms with Crippen molar-refractivity contribution in [2.24, 2.45) is 0 Å². The van der Waals surface area contributed by atoms with Gasteiger partial charge in [-0.3, -0.25) is 10.0 Å². The monoisotopic (exact) mass is 430 g/mol. The van der Waals surface area contributed by atoms with Crippen molar-refractivity contribution >= 4 is 16.9 Å². The van der Waals surface area contributed by atoms with E-state index in [0.717, 1.165) is 0 Å². The molecule has 2 N–H and O–H groups in total. The minimum Gasteiger partial charge on any atom is -0.381 e. The number of carbonyl (C=O) groups is 1. The lowest BCUT2D eigenvalue weighted by Gasteiger charge is -2.40. The number of hydrogen-bond donors (Lipinski definition) is 2. The Hall–Kier alpha value is -0.750. The van der Waals surface area contributed by atoms with Crippen LogP contribution in [0.4, 0.5) is 13.2 Å². The third-order valence-electron chi connectivity index (χ3n) is 5.24. The van der Waals surface area contributed by atoms with Crippen LogP contribution in [-0.4, -0.2) is 69.6 Å².